The summed E-state index contributed by atoms with van der Waals surface area (Å²) in [5.74, 6) is 0.0977. The molecule has 2 aliphatic rings. The van der Waals surface area contributed by atoms with E-state index in [1.165, 1.54) is 24.3 Å². The van der Waals surface area contributed by atoms with Crippen LogP contribution in [0.5, 0.6) is 0 Å². The lowest BCUT2D eigenvalue weighted by Crippen LogP contribution is -2.46. The summed E-state index contributed by atoms with van der Waals surface area (Å²) in [6.45, 7) is 7.06. The number of amides is 1. The van der Waals surface area contributed by atoms with Crippen molar-refractivity contribution >= 4 is 56.1 Å². The Morgan fingerprint density at radius 1 is 0.853 bits per heavy atom. The number of nitro benzene ring substituents is 1. The fraction of sp³-hybridized carbons (Fsp3) is 0.314. The minimum absolute atomic E-state index is 0.156. The largest absolute Gasteiger partial charge is 0.393 e. The Kier molecular flexibility index (Phi) is 15.0. The summed E-state index contributed by atoms with van der Waals surface area (Å²) in [5, 5.41) is 28.6. The van der Waals surface area contributed by atoms with Crippen LogP contribution < -0.4 is 25.2 Å². The molecule has 0 radical (unpaired) electrons. The van der Waals surface area contributed by atoms with Crippen molar-refractivity contribution in [2.75, 3.05) is 78.5 Å². The van der Waals surface area contributed by atoms with E-state index in [9.17, 15) is 32.8 Å². The molecule has 68 heavy (non-hydrogen) atoms. The van der Waals surface area contributed by atoms with Gasteiger partial charge in [-0.15, -0.1) is 11.8 Å². The quantitative estimate of drug-likeness (QED) is 0.0393. The first kappa shape index (κ1) is 48.1. The number of hydrogen-bond donors (Lipinski definition) is 4. The average Bonchev–Trinajstić information content (AvgIpc) is 3.62. The minimum Gasteiger partial charge on any atom is -0.393 e. The third-order valence-electron chi connectivity index (χ3n) is 12.9. The average molecular weight is 961 g/mol. The van der Waals surface area contributed by atoms with Gasteiger partial charge in [0.15, 0.2) is 0 Å². The van der Waals surface area contributed by atoms with Crippen molar-refractivity contribution in [2.24, 2.45) is 7.05 Å². The molecule has 0 bridgehead atoms. The first-order valence-electron chi connectivity index (χ1n) is 22.8. The van der Waals surface area contributed by atoms with Crippen LogP contribution in [0.25, 0.3) is 22.4 Å². The molecule has 0 saturated carbocycles. The number of thioether (sulfide) groups is 1. The minimum atomic E-state index is -4.19. The number of piperazine rings is 1. The SMILES string of the molecule is CNC(=O)c1c(-c2cccc(N3CCN(c4ccc(NS(=O)(=O)c5ccc(NC(CCN6CCC(O)CC6)CSc6ccccc6)c([N+](=O)[O-])c5)cc4)CC3)c2)c(-c2ccc(F)cc2)n(C)c1C. The molecule has 2 aliphatic heterocycles. The highest BCUT2D eigenvalue weighted by Gasteiger charge is 2.28. The molecule has 0 aliphatic carbocycles. The van der Waals surface area contributed by atoms with Crippen molar-refractivity contribution in [3.05, 3.63) is 149 Å². The predicted octanol–water partition coefficient (Wildman–Crippen LogP) is 8.62. The zero-order chi connectivity index (χ0) is 48.0. The molecular formula is C51H57FN8O6S2. The van der Waals surface area contributed by atoms with Crippen molar-refractivity contribution < 1.29 is 27.6 Å². The highest BCUT2D eigenvalue weighted by molar-refractivity contribution is 7.99. The lowest BCUT2D eigenvalue weighted by atomic mass is 9.96. The summed E-state index contributed by atoms with van der Waals surface area (Å²) in [5.41, 5.74) is 6.79. The topological polar surface area (TPSA) is 165 Å². The number of piperidine rings is 1. The second kappa shape index (κ2) is 21.3. The number of aliphatic hydroxyl groups excluding tert-OH is 1. The molecule has 8 rings (SSSR count). The number of benzene rings is 5. The number of aliphatic hydroxyl groups is 1. The monoisotopic (exact) mass is 960 g/mol. The Bertz CT molecular complexity index is 2830. The van der Waals surface area contributed by atoms with Crippen molar-refractivity contribution in [3.63, 3.8) is 0 Å². The van der Waals surface area contributed by atoms with Crippen molar-refractivity contribution in [1.82, 2.24) is 14.8 Å². The van der Waals surface area contributed by atoms with E-state index in [0.717, 1.165) is 82.9 Å². The van der Waals surface area contributed by atoms with Gasteiger partial charge in [0.1, 0.15) is 11.5 Å². The van der Waals surface area contributed by atoms with Crippen LogP contribution in [0.2, 0.25) is 0 Å². The number of aromatic nitrogens is 1. The van der Waals surface area contributed by atoms with E-state index in [0.29, 0.717) is 49.6 Å². The molecule has 6 aromatic rings. The second-order valence-corrected chi connectivity index (χ2v) is 20.0. The van der Waals surface area contributed by atoms with E-state index >= 15 is 0 Å². The summed E-state index contributed by atoms with van der Waals surface area (Å²) in [6.07, 6.45) is 1.86. The number of likely N-dealkylation sites (tertiary alicyclic amines) is 1. The molecule has 14 nitrogen and oxygen atoms in total. The molecule has 4 N–H and O–H groups in total. The number of nitrogens with zero attached hydrogens (tertiary/aromatic N) is 5. The number of hydrogen-bond acceptors (Lipinski definition) is 11. The Morgan fingerprint density at radius 3 is 2.19 bits per heavy atom. The zero-order valence-electron chi connectivity index (χ0n) is 38.4. The molecule has 2 saturated heterocycles. The Hall–Kier alpha value is -6.40. The standard InChI is InChI=1S/C51H57FN8O6S2/c1-35-48(51(62)53-2)49(50(56(35)3)36-12-14-38(52)15-13-36)37-8-7-9-42(32-37)59-30-28-58(29-31-59)41-18-16-39(17-19-41)55-68(65,66)45-20-21-46(47(33-45)60(63)64)54-40(34-67-44-10-5-4-6-11-44)22-25-57-26-23-43(61)24-27-57/h4-21,32-33,40,43,54-55,61H,22-31,34H2,1-3H3,(H,53,62). The third kappa shape index (κ3) is 11.1. The van der Waals surface area contributed by atoms with E-state index in [-0.39, 0.29) is 40.1 Å². The maximum atomic E-state index is 14.0. The van der Waals surface area contributed by atoms with E-state index in [1.807, 2.05) is 73.1 Å². The van der Waals surface area contributed by atoms with Gasteiger partial charge in [-0.2, -0.15) is 0 Å². The van der Waals surface area contributed by atoms with Crippen LogP contribution in [0.1, 0.15) is 35.3 Å². The molecule has 1 atom stereocenters. The van der Waals surface area contributed by atoms with E-state index in [1.54, 1.807) is 43.1 Å². The molecule has 17 heteroatoms. The van der Waals surface area contributed by atoms with Crippen LogP contribution >= 0.6 is 11.8 Å². The van der Waals surface area contributed by atoms with Gasteiger partial charge >= 0.3 is 0 Å². The number of nitrogens with one attached hydrogen (secondary N) is 3. The molecule has 3 heterocycles. The van der Waals surface area contributed by atoms with Crippen LogP contribution in [-0.4, -0.2) is 105 Å². The number of anilines is 4. The van der Waals surface area contributed by atoms with Gasteiger partial charge in [0.25, 0.3) is 21.6 Å². The van der Waals surface area contributed by atoms with Gasteiger partial charge in [-0.3, -0.25) is 19.6 Å². The van der Waals surface area contributed by atoms with Gasteiger partial charge < -0.3 is 35.0 Å². The van der Waals surface area contributed by atoms with E-state index in [4.69, 9.17) is 0 Å². The molecular weight excluding hydrogens is 904 g/mol. The van der Waals surface area contributed by atoms with E-state index in [2.05, 4.69) is 42.2 Å². The van der Waals surface area contributed by atoms with Gasteiger partial charge in [0.05, 0.1) is 27.2 Å². The normalized spacial score (nSPS) is 15.2. The third-order valence-corrected chi connectivity index (χ3v) is 15.5. The maximum Gasteiger partial charge on any atom is 0.293 e. The summed E-state index contributed by atoms with van der Waals surface area (Å²) in [4.78, 5) is 32.9. The van der Waals surface area contributed by atoms with Crippen LogP contribution in [0, 0.1) is 22.9 Å². The maximum absolute atomic E-state index is 14.0. The Labute approximate surface area is 401 Å². The van der Waals surface area contributed by atoms with Gasteiger partial charge in [0.2, 0.25) is 0 Å². The second-order valence-electron chi connectivity index (χ2n) is 17.3. The summed E-state index contributed by atoms with van der Waals surface area (Å²) < 4.78 is 46.0. The number of halogens is 1. The molecule has 356 valence electrons. The molecule has 2 fully saturated rings. The highest BCUT2D eigenvalue weighted by atomic mass is 32.2. The smallest absolute Gasteiger partial charge is 0.293 e. The first-order chi connectivity index (χ1) is 32.8. The first-order valence-corrected chi connectivity index (χ1v) is 25.3. The van der Waals surface area contributed by atoms with Gasteiger partial charge in [-0.1, -0.05) is 30.3 Å². The molecule has 5 aromatic carbocycles. The highest BCUT2D eigenvalue weighted by Crippen LogP contribution is 2.40. The van der Waals surface area contributed by atoms with Crippen LogP contribution in [0.3, 0.4) is 0 Å². The number of sulfonamides is 1. The number of rotatable bonds is 17. The number of nitro groups is 1. The lowest BCUT2D eigenvalue weighted by Gasteiger charge is -2.37. The van der Waals surface area contributed by atoms with Gasteiger partial charge in [0, 0.05) is 111 Å². The molecule has 1 unspecified atom stereocenters. The fourth-order valence-corrected chi connectivity index (χ4v) is 11.1. The lowest BCUT2D eigenvalue weighted by molar-refractivity contribution is -0.384. The number of carbonyl (C=O) groups is 1. The molecule has 0 spiro atoms. The Morgan fingerprint density at radius 2 is 1.53 bits per heavy atom. The zero-order valence-corrected chi connectivity index (χ0v) is 40.0. The van der Waals surface area contributed by atoms with E-state index < -0.39 is 14.9 Å². The summed E-state index contributed by atoms with van der Waals surface area (Å²) in [7, 11) is -0.668. The fourth-order valence-electron chi connectivity index (χ4n) is 9.03. The van der Waals surface area contributed by atoms with Crippen LogP contribution in [0.15, 0.2) is 131 Å². The Balaban J connectivity index is 0.921. The molecule has 1 aromatic heterocycles. The van der Waals surface area contributed by atoms with Crippen molar-refractivity contribution in [3.8, 4) is 22.4 Å². The van der Waals surface area contributed by atoms with Crippen LogP contribution in [-0.2, 0) is 17.1 Å². The van der Waals surface area contributed by atoms with Gasteiger partial charge in [-0.05, 0) is 122 Å². The van der Waals surface area contributed by atoms with Crippen molar-refractivity contribution in [1.29, 1.82) is 0 Å². The predicted molar refractivity (Wildman–Crippen MR) is 270 cm³/mol. The van der Waals surface area contributed by atoms with Gasteiger partial charge in [-0.25, -0.2) is 12.8 Å². The van der Waals surface area contributed by atoms with Crippen LogP contribution in [0.4, 0.5) is 32.8 Å². The van der Waals surface area contributed by atoms with Crippen molar-refractivity contribution in [2.45, 2.75) is 48.1 Å². The summed E-state index contributed by atoms with van der Waals surface area (Å²) >= 11 is 1.65. The number of carbonyl (C=O) groups excluding carboxylic acids is 1. The summed E-state index contributed by atoms with van der Waals surface area (Å²) in [6, 6.07) is 35.3. The molecule has 1 amide bonds.